The second kappa shape index (κ2) is 7.85. The van der Waals surface area contributed by atoms with Crippen LogP contribution in [0.25, 0.3) is 0 Å². The smallest absolute Gasteiger partial charge is 0.347 e. The number of amides is 1. The number of aliphatic imine (C=N–C) groups is 1. The number of rotatable bonds is 3. The predicted molar refractivity (Wildman–Crippen MR) is 99.7 cm³/mol. The van der Waals surface area contributed by atoms with Crippen LogP contribution in [0.3, 0.4) is 0 Å². The standard InChI is InChI=1S/C15H14F5IN3OP/c1-5-9(13(26)12(21)11(17)10(5)16)14(25)24-4-8-7(22)2-6(3-23-8)15(18,19)20/h3,7H,2,4,22,26H2,1H3,(H,24,25). The number of carbonyl (C=O) groups is 1. The number of alkyl halides is 3. The summed E-state index contributed by atoms with van der Waals surface area (Å²) >= 11 is 1.58. The molecule has 3 N–H and O–H groups in total. The molecule has 2 unspecified atom stereocenters. The summed E-state index contributed by atoms with van der Waals surface area (Å²) in [6.07, 6.45) is -4.28. The first-order valence-electron chi connectivity index (χ1n) is 7.24. The molecule has 0 aromatic heterocycles. The van der Waals surface area contributed by atoms with Crippen molar-refractivity contribution in [3.05, 3.63) is 38.1 Å². The highest BCUT2D eigenvalue weighted by Gasteiger charge is 2.36. The van der Waals surface area contributed by atoms with Crippen LogP contribution in [0, 0.1) is 22.1 Å². The number of benzene rings is 1. The van der Waals surface area contributed by atoms with Gasteiger partial charge in [0.15, 0.2) is 11.6 Å². The van der Waals surface area contributed by atoms with Crippen molar-refractivity contribution in [2.75, 3.05) is 6.54 Å². The van der Waals surface area contributed by atoms with Crippen LogP contribution in [0.15, 0.2) is 16.8 Å². The van der Waals surface area contributed by atoms with Crippen LogP contribution in [0.2, 0.25) is 0 Å². The molecule has 1 aliphatic rings. The Hall–Kier alpha value is -1.13. The second-order valence-corrected chi connectivity index (χ2v) is 7.28. The Labute approximate surface area is 161 Å². The van der Waals surface area contributed by atoms with Gasteiger partial charge >= 0.3 is 6.18 Å². The lowest BCUT2D eigenvalue weighted by Crippen LogP contribution is -2.43. The molecule has 11 heteroatoms. The monoisotopic (exact) mass is 505 g/mol. The highest BCUT2D eigenvalue weighted by molar-refractivity contribution is 14.1. The second-order valence-electron chi connectivity index (χ2n) is 5.62. The molecule has 26 heavy (non-hydrogen) atoms. The summed E-state index contributed by atoms with van der Waals surface area (Å²) in [4.78, 5) is 16.0. The first-order valence-corrected chi connectivity index (χ1v) is 8.89. The molecule has 0 aliphatic carbocycles. The third-order valence-electron chi connectivity index (χ3n) is 3.87. The van der Waals surface area contributed by atoms with Crippen LogP contribution < -0.4 is 16.4 Å². The Kier molecular flexibility index (Phi) is 6.40. The van der Waals surface area contributed by atoms with Crippen LogP contribution in [0.4, 0.5) is 22.0 Å². The van der Waals surface area contributed by atoms with Crippen molar-refractivity contribution < 1.29 is 26.7 Å². The van der Waals surface area contributed by atoms with Gasteiger partial charge in [0.05, 0.1) is 27.0 Å². The van der Waals surface area contributed by atoms with Crippen molar-refractivity contribution in [3.8, 4) is 0 Å². The summed E-state index contributed by atoms with van der Waals surface area (Å²) in [5, 5.41) is 2.63. The average molecular weight is 505 g/mol. The maximum Gasteiger partial charge on any atom is 0.414 e. The summed E-state index contributed by atoms with van der Waals surface area (Å²) in [7, 11) is 2.18. The molecule has 0 saturated carbocycles. The van der Waals surface area contributed by atoms with E-state index in [1.165, 1.54) is 6.92 Å². The topological polar surface area (TPSA) is 67.5 Å². The van der Waals surface area contributed by atoms with Crippen LogP contribution in [-0.4, -0.2) is 30.4 Å². The Morgan fingerprint density at radius 2 is 2.04 bits per heavy atom. The molecule has 2 rings (SSSR count). The zero-order valence-electron chi connectivity index (χ0n) is 13.3. The maximum absolute atomic E-state index is 13.9. The molecular formula is C15H14F5IN3OP. The third-order valence-corrected chi connectivity index (χ3v) is 6.09. The number of nitrogens with zero attached hydrogens (tertiary/aromatic N) is 1. The fraction of sp³-hybridized carbons (Fsp3) is 0.333. The molecule has 142 valence electrons. The van der Waals surface area contributed by atoms with Crippen molar-refractivity contribution in [2.45, 2.75) is 25.6 Å². The van der Waals surface area contributed by atoms with E-state index in [1.54, 1.807) is 22.6 Å². The number of carbonyl (C=O) groups excluding carboxylic acids is 1. The number of hydrogen-bond donors (Lipinski definition) is 2. The molecule has 1 aliphatic heterocycles. The zero-order chi connectivity index (χ0) is 19.8. The Morgan fingerprint density at radius 3 is 2.58 bits per heavy atom. The molecule has 1 aromatic carbocycles. The van der Waals surface area contributed by atoms with Crippen LogP contribution in [-0.2, 0) is 0 Å². The first-order chi connectivity index (χ1) is 11.9. The summed E-state index contributed by atoms with van der Waals surface area (Å²) in [6, 6.07) is -1.00. The lowest BCUT2D eigenvalue weighted by Gasteiger charge is -2.22. The van der Waals surface area contributed by atoms with Crippen molar-refractivity contribution in [3.63, 3.8) is 0 Å². The van der Waals surface area contributed by atoms with E-state index in [1.807, 2.05) is 0 Å². The van der Waals surface area contributed by atoms with Gasteiger partial charge in [-0.3, -0.25) is 9.79 Å². The molecule has 4 nitrogen and oxygen atoms in total. The highest BCUT2D eigenvalue weighted by atomic mass is 127. The lowest BCUT2D eigenvalue weighted by molar-refractivity contribution is -0.0945. The molecule has 1 aromatic rings. The number of nitrogens with one attached hydrogen (secondary N) is 1. The van der Waals surface area contributed by atoms with E-state index in [4.69, 9.17) is 5.73 Å². The Balaban J connectivity index is 2.21. The molecule has 1 heterocycles. The summed E-state index contributed by atoms with van der Waals surface area (Å²) in [5.74, 6) is -2.88. The molecular weight excluding hydrogens is 491 g/mol. The molecule has 0 bridgehead atoms. The summed E-state index contributed by atoms with van der Waals surface area (Å²) in [5.41, 5.74) is 4.76. The van der Waals surface area contributed by atoms with Gasteiger partial charge in [0, 0.05) is 17.8 Å². The fourth-order valence-corrected chi connectivity index (χ4v) is 3.36. The molecule has 0 fully saturated rings. The van der Waals surface area contributed by atoms with Gasteiger partial charge in [-0.15, -0.1) is 9.24 Å². The quantitative estimate of drug-likeness (QED) is 0.287. The Bertz CT molecular complexity index is 793. The van der Waals surface area contributed by atoms with E-state index in [-0.39, 0.29) is 32.3 Å². The Morgan fingerprint density at radius 1 is 1.42 bits per heavy atom. The van der Waals surface area contributed by atoms with Gasteiger partial charge in [0.25, 0.3) is 5.91 Å². The number of nitrogens with two attached hydrogens (primary N) is 1. The van der Waals surface area contributed by atoms with E-state index in [2.05, 4.69) is 19.5 Å². The molecule has 1 amide bonds. The van der Waals surface area contributed by atoms with Crippen molar-refractivity contribution in [2.24, 2.45) is 10.7 Å². The van der Waals surface area contributed by atoms with Gasteiger partial charge in [-0.2, -0.15) is 13.2 Å². The maximum atomic E-state index is 13.9. The van der Waals surface area contributed by atoms with Crippen molar-refractivity contribution in [1.82, 2.24) is 5.32 Å². The van der Waals surface area contributed by atoms with Gasteiger partial charge in [-0.25, -0.2) is 8.78 Å². The minimum absolute atomic E-state index is 0.0506. The van der Waals surface area contributed by atoms with Crippen molar-refractivity contribution >= 4 is 48.8 Å². The lowest BCUT2D eigenvalue weighted by atomic mass is 10.00. The van der Waals surface area contributed by atoms with Crippen LogP contribution >= 0.6 is 31.8 Å². The highest BCUT2D eigenvalue weighted by Crippen LogP contribution is 2.30. The van der Waals surface area contributed by atoms with E-state index < -0.39 is 41.8 Å². The molecule has 0 saturated heterocycles. The summed E-state index contributed by atoms with van der Waals surface area (Å²) in [6.45, 7) is 1.06. The number of hydrogen-bond acceptors (Lipinski definition) is 3. The van der Waals surface area contributed by atoms with E-state index in [0.717, 1.165) is 0 Å². The minimum Gasteiger partial charge on any atom is -0.347 e. The molecule has 0 spiro atoms. The SMILES string of the molecule is Cc1c(F)c(F)c(I)c(P)c1C(=O)NCC1=NC=C(C(F)(F)F)CC1N. The van der Waals surface area contributed by atoms with E-state index >= 15 is 0 Å². The van der Waals surface area contributed by atoms with Gasteiger partial charge in [0.2, 0.25) is 0 Å². The van der Waals surface area contributed by atoms with E-state index in [0.29, 0.717) is 6.20 Å². The molecule has 2 atom stereocenters. The minimum atomic E-state index is -4.51. The van der Waals surface area contributed by atoms with E-state index in [9.17, 15) is 26.7 Å². The normalized spacial score (nSPS) is 17.7. The van der Waals surface area contributed by atoms with Crippen molar-refractivity contribution in [1.29, 1.82) is 0 Å². The molecule has 0 radical (unpaired) electrons. The third kappa shape index (κ3) is 4.23. The van der Waals surface area contributed by atoms with Gasteiger partial charge < -0.3 is 11.1 Å². The first kappa shape index (κ1) is 21.2. The van der Waals surface area contributed by atoms with Gasteiger partial charge in [-0.1, -0.05) is 0 Å². The zero-order valence-corrected chi connectivity index (χ0v) is 16.7. The summed E-state index contributed by atoms with van der Waals surface area (Å²) < 4.78 is 65.4. The van der Waals surface area contributed by atoms with Gasteiger partial charge in [0.1, 0.15) is 0 Å². The average Bonchev–Trinajstić information content (AvgIpc) is 2.56. The number of halogens is 6. The predicted octanol–water partition coefficient (Wildman–Crippen LogP) is 2.73. The van der Waals surface area contributed by atoms with Crippen LogP contribution in [0.5, 0.6) is 0 Å². The fourth-order valence-electron chi connectivity index (χ4n) is 2.38. The van der Waals surface area contributed by atoms with Gasteiger partial charge in [-0.05, 0) is 41.2 Å². The largest absolute Gasteiger partial charge is 0.414 e. The van der Waals surface area contributed by atoms with Crippen LogP contribution in [0.1, 0.15) is 22.3 Å².